The van der Waals surface area contributed by atoms with Crippen LogP contribution in [0.2, 0.25) is 5.15 Å². The maximum absolute atomic E-state index is 6.34. The first-order valence-corrected chi connectivity index (χ1v) is 6.91. The fourth-order valence-corrected chi connectivity index (χ4v) is 3.09. The molecule has 0 spiro atoms. The van der Waals surface area contributed by atoms with E-state index in [0.717, 1.165) is 28.2 Å². The lowest BCUT2D eigenvalue weighted by atomic mass is 10.2. The molecule has 0 aliphatic rings. The van der Waals surface area contributed by atoms with E-state index >= 15 is 0 Å². The number of thiophene rings is 1. The van der Waals surface area contributed by atoms with Gasteiger partial charge in [-0.1, -0.05) is 17.7 Å². The van der Waals surface area contributed by atoms with Crippen LogP contribution < -0.4 is 0 Å². The smallest absolute Gasteiger partial charge is 0.165 e. The number of nitrogens with zero attached hydrogens (tertiary/aromatic N) is 3. The topological polar surface area (TPSA) is 30.2 Å². The summed E-state index contributed by atoms with van der Waals surface area (Å²) in [5.74, 6) is 0. The lowest BCUT2D eigenvalue weighted by Gasteiger charge is -2.05. The molecule has 0 N–H and O–H groups in total. The standard InChI is InChI=1S/C13H12ClN3S/c1-7-8(2)15-13-11(10-5-4-6-18-10)9(3)16-17(13)12(7)14/h4-6H,1-3H3. The molecule has 3 aromatic rings. The summed E-state index contributed by atoms with van der Waals surface area (Å²) in [6.45, 7) is 5.93. The highest BCUT2D eigenvalue weighted by atomic mass is 35.5. The summed E-state index contributed by atoms with van der Waals surface area (Å²) >= 11 is 8.03. The largest absolute Gasteiger partial charge is 0.233 e. The van der Waals surface area contributed by atoms with Crippen molar-refractivity contribution in [1.82, 2.24) is 14.6 Å². The molecular formula is C13H12ClN3S. The van der Waals surface area contributed by atoms with Gasteiger partial charge in [0.25, 0.3) is 0 Å². The second-order valence-corrected chi connectivity index (χ2v) is 5.59. The van der Waals surface area contributed by atoms with Crippen LogP contribution in [0.15, 0.2) is 17.5 Å². The van der Waals surface area contributed by atoms with Crippen molar-refractivity contribution in [2.75, 3.05) is 0 Å². The second kappa shape index (κ2) is 4.07. The van der Waals surface area contributed by atoms with Crippen LogP contribution in [0.5, 0.6) is 0 Å². The Morgan fingerprint density at radius 3 is 2.67 bits per heavy atom. The molecule has 0 atom stereocenters. The molecular weight excluding hydrogens is 266 g/mol. The highest BCUT2D eigenvalue weighted by Gasteiger charge is 2.17. The van der Waals surface area contributed by atoms with Crippen LogP contribution in [-0.4, -0.2) is 14.6 Å². The predicted molar refractivity (Wildman–Crippen MR) is 75.5 cm³/mol. The summed E-state index contributed by atoms with van der Waals surface area (Å²) in [5.41, 5.74) is 4.80. The molecule has 0 aliphatic heterocycles. The number of aromatic nitrogens is 3. The zero-order valence-electron chi connectivity index (χ0n) is 10.4. The van der Waals surface area contributed by atoms with E-state index in [9.17, 15) is 0 Å². The number of hydrogen-bond acceptors (Lipinski definition) is 3. The van der Waals surface area contributed by atoms with E-state index in [1.807, 2.05) is 26.8 Å². The average Bonchev–Trinajstić information content (AvgIpc) is 2.94. The lowest BCUT2D eigenvalue weighted by Crippen LogP contribution is -1.98. The highest BCUT2D eigenvalue weighted by Crippen LogP contribution is 2.33. The van der Waals surface area contributed by atoms with Crippen molar-refractivity contribution >= 4 is 28.6 Å². The molecule has 18 heavy (non-hydrogen) atoms. The monoisotopic (exact) mass is 277 g/mol. The number of rotatable bonds is 1. The minimum atomic E-state index is 0.642. The Bertz CT molecular complexity index is 729. The zero-order valence-corrected chi connectivity index (χ0v) is 11.9. The number of halogens is 1. The molecule has 0 amide bonds. The SMILES string of the molecule is Cc1nc2c(-c3cccs3)c(C)nn2c(Cl)c1C. The number of fused-ring (bicyclic) bond motifs is 1. The molecule has 0 fully saturated rings. The van der Waals surface area contributed by atoms with Crippen LogP contribution >= 0.6 is 22.9 Å². The van der Waals surface area contributed by atoms with Crippen LogP contribution in [0.4, 0.5) is 0 Å². The van der Waals surface area contributed by atoms with E-state index in [1.165, 1.54) is 4.88 Å². The minimum Gasteiger partial charge on any atom is -0.233 e. The summed E-state index contributed by atoms with van der Waals surface area (Å²) in [4.78, 5) is 5.81. The second-order valence-electron chi connectivity index (χ2n) is 4.29. The molecule has 3 rings (SSSR count). The summed E-state index contributed by atoms with van der Waals surface area (Å²) in [6.07, 6.45) is 0. The minimum absolute atomic E-state index is 0.642. The third-order valence-corrected chi connectivity index (χ3v) is 4.45. The molecule has 0 saturated carbocycles. The maximum atomic E-state index is 6.34. The van der Waals surface area contributed by atoms with Gasteiger partial charge in [0.15, 0.2) is 5.65 Å². The first-order valence-electron chi connectivity index (χ1n) is 5.65. The number of aryl methyl sites for hydroxylation is 2. The quantitative estimate of drug-likeness (QED) is 0.629. The van der Waals surface area contributed by atoms with E-state index in [4.69, 9.17) is 11.6 Å². The molecule has 0 aromatic carbocycles. The first kappa shape index (κ1) is 11.7. The van der Waals surface area contributed by atoms with E-state index in [0.29, 0.717) is 5.15 Å². The van der Waals surface area contributed by atoms with Crippen molar-refractivity contribution in [3.63, 3.8) is 0 Å². The van der Waals surface area contributed by atoms with Gasteiger partial charge in [-0.05, 0) is 32.2 Å². The van der Waals surface area contributed by atoms with E-state index in [-0.39, 0.29) is 0 Å². The molecule has 3 nitrogen and oxygen atoms in total. The van der Waals surface area contributed by atoms with Gasteiger partial charge in [-0.15, -0.1) is 11.3 Å². The van der Waals surface area contributed by atoms with Gasteiger partial charge in [0.2, 0.25) is 0 Å². The maximum Gasteiger partial charge on any atom is 0.165 e. The van der Waals surface area contributed by atoms with E-state index < -0.39 is 0 Å². The third-order valence-electron chi connectivity index (χ3n) is 3.12. The van der Waals surface area contributed by atoms with Gasteiger partial charge in [0.1, 0.15) is 5.15 Å². The van der Waals surface area contributed by atoms with Gasteiger partial charge in [-0.3, -0.25) is 0 Å². The third kappa shape index (κ3) is 1.56. The normalized spacial score (nSPS) is 11.3. The van der Waals surface area contributed by atoms with Gasteiger partial charge in [0, 0.05) is 16.1 Å². The Morgan fingerprint density at radius 2 is 2.00 bits per heavy atom. The summed E-state index contributed by atoms with van der Waals surface area (Å²) in [5, 5.41) is 7.20. The van der Waals surface area contributed by atoms with E-state index in [1.54, 1.807) is 15.9 Å². The van der Waals surface area contributed by atoms with Crippen LogP contribution in [-0.2, 0) is 0 Å². The Kier molecular flexibility index (Phi) is 2.64. The van der Waals surface area contributed by atoms with Crippen molar-refractivity contribution in [2.24, 2.45) is 0 Å². The summed E-state index contributed by atoms with van der Waals surface area (Å²) in [7, 11) is 0. The van der Waals surface area contributed by atoms with Gasteiger partial charge in [-0.2, -0.15) is 5.10 Å². The average molecular weight is 278 g/mol. The van der Waals surface area contributed by atoms with Gasteiger partial charge >= 0.3 is 0 Å². The van der Waals surface area contributed by atoms with E-state index in [2.05, 4.69) is 21.5 Å². The van der Waals surface area contributed by atoms with Gasteiger partial charge in [0.05, 0.1) is 11.3 Å². The molecule has 3 aromatic heterocycles. The van der Waals surface area contributed by atoms with Gasteiger partial charge < -0.3 is 0 Å². The highest BCUT2D eigenvalue weighted by molar-refractivity contribution is 7.13. The molecule has 5 heteroatoms. The molecule has 0 saturated heterocycles. The van der Waals surface area contributed by atoms with Crippen molar-refractivity contribution in [3.8, 4) is 10.4 Å². The molecule has 3 heterocycles. The Hall–Kier alpha value is -1.39. The van der Waals surface area contributed by atoms with Gasteiger partial charge in [-0.25, -0.2) is 9.50 Å². The van der Waals surface area contributed by atoms with Crippen LogP contribution in [0.1, 0.15) is 17.0 Å². The summed E-state index contributed by atoms with van der Waals surface area (Å²) < 4.78 is 1.73. The van der Waals surface area contributed by atoms with Crippen molar-refractivity contribution in [2.45, 2.75) is 20.8 Å². The molecule has 92 valence electrons. The Morgan fingerprint density at radius 1 is 1.22 bits per heavy atom. The van der Waals surface area contributed by atoms with Crippen LogP contribution in [0.25, 0.3) is 16.1 Å². The van der Waals surface area contributed by atoms with Crippen molar-refractivity contribution in [1.29, 1.82) is 0 Å². The summed E-state index contributed by atoms with van der Waals surface area (Å²) in [6, 6.07) is 4.12. The fraction of sp³-hybridized carbons (Fsp3) is 0.231. The molecule has 0 aliphatic carbocycles. The fourth-order valence-electron chi connectivity index (χ4n) is 2.02. The number of hydrogen-bond donors (Lipinski definition) is 0. The molecule has 0 bridgehead atoms. The van der Waals surface area contributed by atoms with Crippen molar-refractivity contribution in [3.05, 3.63) is 39.6 Å². The molecule has 0 radical (unpaired) electrons. The lowest BCUT2D eigenvalue weighted by molar-refractivity contribution is 0.898. The Balaban J connectivity index is 2.44. The predicted octanol–water partition coefficient (Wildman–Crippen LogP) is 4.04. The zero-order chi connectivity index (χ0) is 12.9. The van der Waals surface area contributed by atoms with Crippen LogP contribution in [0, 0.1) is 20.8 Å². The van der Waals surface area contributed by atoms with Crippen LogP contribution in [0.3, 0.4) is 0 Å². The van der Waals surface area contributed by atoms with Crippen molar-refractivity contribution < 1.29 is 0 Å². The first-order chi connectivity index (χ1) is 8.59. The molecule has 0 unspecified atom stereocenters. The Labute approximate surface area is 114 Å².